The first-order valence-electron chi connectivity index (χ1n) is 8.24. The number of sulfonamides is 1. The molecule has 144 valence electrons. The second-order valence-electron chi connectivity index (χ2n) is 5.85. The van der Waals surface area contributed by atoms with Crippen LogP contribution in [0.25, 0.3) is 0 Å². The fraction of sp³-hybridized carbons (Fsp3) is 0.278. The lowest BCUT2D eigenvalue weighted by Crippen LogP contribution is -2.41. The first kappa shape index (κ1) is 19.8. The summed E-state index contributed by atoms with van der Waals surface area (Å²) < 4.78 is 46.0. The topological polar surface area (TPSA) is 75.7 Å². The number of morpholine rings is 1. The Morgan fingerprint density at radius 1 is 1.19 bits per heavy atom. The Bertz CT molecular complexity index is 944. The van der Waals surface area contributed by atoms with Crippen LogP contribution in [0, 0.1) is 5.82 Å². The zero-order chi connectivity index (χ0) is 19.4. The van der Waals surface area contributed by atoms with Crippen molar-refractivity contribution in [2.75, 3.05) is 37.9 Å². The largest absolute Gasteiger partial charge is 0.379 e. The Balaban J connectivity index is 1.87. The number of carbonyl (C=O) groups excluding carboxylic acids is 1. The van der Waals surface area contributed by atoms with Crippen molar-refractivity contribution < 1.29 is 22.3 Å². The predicted molar refractivity (Wildman–Crippen MR) is 102 cm³/mol. The minimum absolute atomic E-state index is 0.0674. The molecule has 1 aliphatic heterocycles. The molecule has 6 nitrogen and oxygen atoms in total. The number of nitrogens with zero attached hydrogens (tertiary/aromatic N) is 1. The number of hydrogen-bond donors (Lipinski definition) is 1. The van der Waals surface area contributed by atoms with E-state index in [-0.39, 0.29) is 31.9 Å². The van der Waals surface area contributed by atoms with Gasteiger partial charge in [0.2, 0.25) is 10.0 Å². The third kappa shape index (κ3) is 4.49. The van der Waals surface area contributed by atoms with Gasteiger partial charge in [-0.25, -0.2) is 12.8 Å². The molecule has 0 spiro atoms. The molecule has 1 aliphatic rings. The van der Waals surface area contributed by atoms with Crippen molar-refractivity contribution in [1.29, 1.82) is 0 Å². The fourth-order valence-corrected chi connectivity index (χ4v) is 4.63. The van der Waals surface area contributed by atoms with Gasteiger partial charge in [0.05, 0.1) is 13.2 Å². The average molecular weight is 410 g/mol. The van der Waals surface area contributed by atoms with Gasteiger partial charge in [0.15, 0.2) is 0 Å². The van der Waals surface area contributed by atoms with Crippen LogP contribution in [0.2, 0.25) is 0 Å². The van der Waals surface area contributed by atoms with Crippen molar-refractivity contribution in [3.05, 3.63) is 53.8 Å². The molecule has 2 aromatic carbocycles. The van der Waals surface area contributed by atoms with Crippen molar-refractivity contribution in [2.45, 2.75) is 9.79 Å². The number of rotatable bonds is 5. The molecule has 0 unspecified atom stereocenters. The van der Waals surface area contributed by atoms with Gasteiger partial charge in [-0.1, -0.05) is 6.07 Å². The van der Waals surface area contributed by atoms with Crippen LogP contribution in [0.1, 0.15) is 10.4 Å². The number of halogens is 1. The van der Waals surface area contributed by atoms with E-state index in [0.29, 0.717) is 5.69 Å². The van der Waals surface area contributed by atoms with E-state index in [0.717, 1.165) is 17.0 Å². The second-order valence-corrected chi connectivity index (χ2v) is 8.63. The third-order valence-electron chi connectivity index (χ3n) is 4.11. The molecular formula is C18H19FN2O4S2. The first-order valence-corrected chi connectivity index (χ1v) is 10.9. The van der Waals surface area contributed by atoms with Gasteiger partial charge in [-0.3, -0.25) is 4.79 Å². The number of hydrogen-bond acceptors (Lipinski definition) is 5. The van der Waals surface area contributed by atoms with Crippen LogP contribution in [0.5, 0.6) is 0 Å². The van der Waals surface area contributed by atoms with Gasteiger partial charge >= 0.3 is 0 Å². The predicted octanol–water partition coefficient (Wildman–Crippen LogP) is 2.82. The van der Waals surface area contributed by atoms with Crippen LogP contribution >= 0.6 is 11.8 Å². The fourth-order valence-electron chi connectivity index (χ4n) is 2.67. The van der Waals surface area contributed by atoms with Gasteiger partial charge < -0.3 is 10.1 Å². The molecule has 27 heavy (non-hydrogen) atoms. The molecule has 1 fully saturated rings. The maximum absolute atomic E-state index is 14.2. The zero-order valence-electron chi connectivity index (χ0n) is 14.6. The van der Waals surface area contributed by atoms with Crippen molar-refractivity contribution in [3.8, 4) is 0 Å². The Labute approximate surface area is 161 Å². The highest BCUT2D eigenvalue weighted by Gasteiger charge is 2.29. The standard InChI is InChI=1S/C18H19FN2O4S2/c1-26-15-4-2-3-14(12-15)20-18(22)13-5-6-16(19)17(11-13)27(23,24)21-7-9-25-10-8-21/h2-6,11-12H,7-10H2,1H3,(H,20,22). The van der Waals surface area contributed by atoms with E-state index >= 15 is 0 Å². The maximum Gasteiger partial charge on any atom is 0.255 e. The van der Waals surface area contributed by atoms with E-state index in [9.17, 15) is 17.6 Å². The van der Waals surface area contributed by atoms with E-state index < -0.39 is 26.6 Å². The lowest BCUT2D eigenvalue weighted by Gasteiger charge is -2.26. The molecule has 0 radical (unpaired) electrons. The number of carbonyl (C=O) groups is 1. The summed E-state index contributed by atoms with van der Waals surface area (Å²) in [6, 6.07) is 10.6. The number of benzene rings is 2. The van der Waals surface area contributed by atoms with Crippen LogP contribution in [-0.2, 0) is 14.8 Å². The molecule has 1 heterocycles. The van der Waals surface area contributed by atoms with Crippen LogP contribution < -0.4 is 5.32 Å². The summed E-state index contributed by atoms with van der Waals surface area (Å²) in [5.41, 5.74) is 0.645. The van der Waals surface area contributed by atoms with Crippen LogP contribution in [0.4, 0.5) is 10.1 Å². The summed E-state index contributed by atoms with van der Waals surface area (Å²) >= 11 is 1.53. The van der Waals surface area contributed by atoms with Gasteiger partial charge in [0, 0.05) is 29.2 Å². The quantitative estimate of drug-likeness (QED) is 0.767. The Morgan fingerprint density at radius 2 is 1.93 bits per heavy atom. The monoisotopic (exact) mass is 410 g/mol. The minimum Gasteiger partial charge on any atom is -0.379 e. The third-order valence-corrected chi connectivity index (χ3v) is 6.75. The van der Waals surface area contributed by atoms with E-state index in [2.05, 4.69) is 5.32 Å². The van der Waals surface area contributed by atoms with Gasteiger partial charge in [-0.2, -0.15) is 4.31 Å². The van der Waals surface area contributed by atoms with Gasteiger partial charge in [0.1, 0.15) is 10.7 Å². The molecule has 3 rings (SSSR count). The summed E-state index contributed by atoms with van der Waals surface area (Å²) in [5, 5.41) is 2.71. The van der Waals surface area contributed by atoms with Gasteiger partial charge in [-0.05, 0) is 42.7 Å². The van der Waals surface area contributed by atoms with Crippen molar-refractivity contribution >= 4 is 33.4 Å². The molecule has 0 bridgehead atoms. The molecule has 0 aromatic heterocycles. The second kappa shape index (κ2) is 8.39. The molecule has 1 saturated heterocycles. The van der Waals surface area contributed by atoms with Crippen molar-refractivity contribution in [2.24, 2.45) is 0 Å². The first-order chi connectivity index (χ1) is 12.9. The number of anilines is 1. The molecule has 0 aliphatic carbocycles. The number of ether oxygens (including phenoxy) is 1. The SMILES string of the molecule is CSc1cccc(NC(=O)c2ccc(F)c(S(=O)(=O)N3CCOCC3)c2)c1. The highest BCUT2D eigenvalue weighted by Crippen LogP contribution is 2.23. The number of nitrogens with one attached hydrogen (secondary N) is 1. The average Bonchev–Trinajstić information content (AvgIpc) is 2.69. The number of amides is 1. The molecule has 2 aromatic rings. The Morgan fingerprint density at radius 3 is 2.63 bits per heavy atom. The maximum atomic E-state index is 14.2. The van der Waals surface area contributed by atoms with Gasteiger partial charge in [0.25, 0.3) is 5.91 Å². The summed E-state index contributed by atoms with van der Waals surface area (Å²) in [4.78, 5) is 13.0. The summed E-state index contributed by atoms with van der Waals surface area (Å²) in [5.74, 6) is -1.39. The normalized spacial score (nSPS) is 15.5. The van der Waals surface area contributed by atoms with Crippen LogP contribution in [0.3, 0.4) is 0 Å². The van der Waals surface area contributed by atoms with Crippen LogP contribution in [0.15, 0.2) is 52.3 Å². The highest BCUT2D eigenvalue weighted by molar-refractivity contribution is 7.98. The van der Waals surface area contributed by atoms with E-state index in [1.165, 1.54) is 22.1 Å². The van der Waals surface area contributed by atoms with E-state index in [1.807, 2.05) is 12.3 Å². The summed E-state index contributed by atoms with van der Waals surface area (Å²) in [6.07, 6.45) is 1.92. The molecule has 0 atom stereocenters. The van der Waals surface area contributed by atoms with Gasteiger partial charge in [-0.15, -0.1) is 11.8 Å². The molecular weight excluding hydrogens is 391 g/mol. The Hall–Kier alpha value is -1.94. The van der Waals surface area contributed by atoms with Crippen LogP contribution in [-0.4, -0.2) is 51.2 Å². The van der Waals surface area contributed by atoms with E-state index in [1.54, 1.807) is 18.2 Å². The number of thioether (sulfide) groups is 1. The molecule has 0 saturated carbocycles. The molecule has 1 amide bonds. The Kier molecular flexibility index (Phi) is 6.15. The smallest absolute Gasteiger partial charge is 0.255 e. The summed E-state index contributed by atoms with van der Waals surface area (Å²) in [6.45, 7) is 0.818. The lowest BCUT2D eigenvalue weighted by atomic mass is 10.2. The lowest BCUT2D eigenvalue weighted by molar-refractivity contribution is 0.0729. The minimum atomic E-state index is -4.04. The molecule has 9 heteroatoms. The van der Waals surface area contributed by atoms with Crippen molar-refractivity contribution in [3.63, 3.8) is 0 Å². The molecule has 1 N–H and O–H groups in total. The summed E-state index contributed by atoms with van der Waals surface area (Å²) in [7, 11) is -4.04. The highest BCUT2D eigenvalue weighted by atomic mass is 32.2. The van der Waals surface area contributed by atoms with E-state index in [4.69, 9.17) is 4.74 Å². The van der Waals surface area contributed by atoms with Crippen molar-refractivity contribution in [1.82, 2.24) is 4.31 Å². The zero-order valence-corrected chi connectivity index (χ0v) is 16.3.